The normalized spacial score (nSPS) is 11.5. The van der Waals surface area contributed by atoms with Gasteiger partial charge in [0.1, 0.15) is 6.04 Å². The number of aryl methyl sites for hydroxylation is 2. The van der Waals surface area contributed by atoms with E-state index >= 15 is 0 Å². The average Bonchev–Trinajstić information content (AvgIpc) is 2.80. The number of nitrogens with one attached hydrogen (secondary N) is 1. The van der Waals surface area contributed by atoms with Gasteiger partial charge in [0.15, 0.2) is 11.5 Å². The molecule has 0 unspecified atom stereocenters. The van der Waals surface area contributed by atoms with Crippen molar-refractivity contribution in [3.05, 3.63) is 59.2 Å². The minimum Gasteiger partial charge on any atom is -0.490 e. The number of carbonyl (C=O) groups is 2. The summed E-state index contributed by atoms with van der Waals surface area (Å²) in [7, 11) is 1.61. The molecule has 0 aliphatic heterocycles. The molecule has 0 fully saturated rings. The minimum absolute atomic E-state index is 0.0458. The summed E-state index contributed by atoms with van der Waals surface area (Å²) in [5.41, 5.74) is 3.14. The molecule has 1 atom stereocenters. The van der Waals surface area contributed by atoms with Gasteiger partial charge >= 0.3 is 0 Å². The van der Waals surface area contributed by atoms with Crippen LogP contribution in [0.1, 0.15) is 50.3 Å². The number of benzene rings is 2. The summed E-state index contributed by atoms with van der Waals surface area (Å²) in [6.07, 6.45) is 1.41. The lowest BCUT2D eigenvalue weighted by Crippen LogP contribution is -2.48. The van der Waals surface area contributed by atoms with Crippen LogP contribution in [-0.2, 0) is 22.6 Å². The molecule has 0 aliphatic rings. The third-order valence-corrected chi connectivity index (χ3v) is 5.47. The smallest absolute Gasteiger partial charge is 0.242 e. The van der Waals surface area contributed by atoms with Gasteiger partial charge in [-0.05, 0) is 62.4 Å². The van der Waals surface area contributed by atoms with Gasteiger partial charge in [0, 0.05) is 20.0 Å². The Kier molecular flexibility index (Phi) is 10.1. The lowest BCUT2D eigenvalue weighted by Gasteiger charge is -2.31. The van der Waals surface area contributed by atoms with E-state index in [9.17, 15) is 9.59 Å². The van der Waals surface area contributed by atoms with Gasteiger partial charge in [0.05, 0.1) is 13.2 Å². The highest BCUT2D eigenvalue weighted by Crippen LogP contribution is 2.29. The maximum absolute atomic E-state index is 13.3. The van der Waals surface area contributed by atoms with Crippen molar-refractivity contribution in [2.24, 2.45) is 0 Å². The summed E-state index contributed by atoms with van der Waals surface area (Å²) in [5.74, 6) is 1.20. The van der Waals surface area contributed by atoms with Crippen molar-refractivity contribution in [2.75, 3.05) is 20.3 Å². The standard InChI is InChI=1S/C26H36N2O4/c1-6-22(26(30)27-5)28(18-21-12-10-9-11-19(21)4)25(29)16-14-20-13-15-23(31-7-2)24(17-20)32-8-3/h9-13,15,17,22H,6-8,14,16,18H2,1-5H3,(H,27,30)/t22-/m1/s1. The summed E-state index contributed by atoms with van der Waals surface area (Å²) in [6, 6.07) is 13.2. The Morgan fingerprint density at radius 3 is 2.31 bits per heavy atom. The van der Waals surface area contributed by atoms with Gasteiger partial charge in [-0.25, -0.2) is 0 Å². The number of carbonyl (C=O) groups excluding carboxylic acids is 2. The van der Waals surface area contributed by atoms with Crippen molar-refractivity contribution < 1.29 is 19.1 Å². The predicted molar refractivity (Wildman–Crippen MR) is 127 cm³/mol. The fourth-order valence-electron chi connectivity index (χ4n) is 3.70. The first-order chi connectivity index (χ1) is 15.4. The lowest BCUT2D eigenvalue weighted by molar-refractivity contribution is -0.141. The zero-order valence-electron chi connectivity index (χ0n) is 19.9. The number of ether oxygens (including phenoxy) is 2. The van der Waals surface area contributed by atoms with Crippen LogP contribution in [0.25, 0.3) is 0 Å². The Labute approximate surface area is 191 Å². The molecule has 2 rings (SSSR count). The summed E-state index contributed by atoms with van der Waals surface area (Å²) in [4.78, 5) is 27.5. The zero-order valence-corrected chi connectivity index (χ0v) is 19.9. The van der Waals surface area contributed by atoms with Crippen molar-refractivity contribution in [1.82, 2.24) is 10.2 Å². The van der Waals surface area contributed by atoms with E-state index in [1.807, 2.05) is 70.2 Å². The van der Waals surface area contributed by atoms with Crippen LogP contribution in [0, 0.1) is 6.92 Å². The second-order valence-corrected chi connectivity index (χ2v) is 7.63. The first kappa shape index (κ1) is 25.2. The molecule has 2 amide bonds. The summed E-state index contributed by atoms with van der Waals surface area (Å²) < 4.78 is 11.3. The Morgan fingerprint density at radius 1 is 1.00 bits per heavy atom. The van der Waals surface area contributed by atoms with E-state index in [2.05, 4.69) is 5.32 Å². The van der Waals surface area contributed by atoms with Crippen molar-refractivity contribution in [1.29, 1.82) is 0 Å². The highest BCUT2D eigenvalue weighted by Gasteiger charge is 2.28. The number of hydrogen-bond acceptors (Lipinski definition) is 4. The van der Waals surface area contributed by atoms with Crippen LogP contribution in [-0.4, -0.2) is 43.0 Å². The molecule has 0 saturated heterocycles. The molecule has 2 aromatic carbocycles. The minimum atomic E-state index is -0.508. The fourth-order valence-corrected chi connectivity index (χ4v) is 3.70. The molecular weight excluding hydrogens is 404 g/mol. The SMILES string of the molecule is CCOc1ccc(CCC(=O)N(Cc2ccccc2C)[C@H](CC)C(=O)NC)cc1OCC. The number of rotatable bonds is 12. The van der Waals surface area contributed by atoms with E-state index in [1.165, 1.54) is 0 Å². The van der Waals surface area contributed by atoms with Crippen molar-refractivity contribution in [3.63, 3.8) is 0 Å². The third kappa shape index (κ3) is 6.74. The van der Waals surface area contributed by atoms with Crippen molar-refractivity contribution in [3.8, 4) is 11.5 Å². The highest BCUT2D eigenvalue weighted by molar-refractivity contribution is 5.87. The Hall–Kier alpha value is -3.02. The molecule has 0 bridgehead atoms. The zero-order chi connectivity index (χ0) is 23.5. The molecule has 6 heteroatoms. The number of hydrogen-bond donors (Lipinski definition) is 1. The predicted octanol–water partition coefficient (Wildman–Crippen LogP) is 4.28. The Bertz CT molecular complexity index is 897. The van der Waals surface area contributed by atoms with Crippen LogP contribution in [0.3, 0.4) is 0 Å². The maximum atomic E-state index is 13.3. The molecule has 0 aliphatic carbocycles. The van der Waals surface area contributed by atoms with Crippen molar-refractivity contribution >= 4 is 11.8 Å². The quantitative estimate of drug-likeness (QED) is 0.535. The Balaban J connectivity index is 2.21. The van der Waals surface area contributed by atoms with Gasteiger partial charge < -0.3 is 19.7 Å². The van der Waals surface area contributed by atoms with Gasteiger partial charge in [-0.2, -0.15) is 0 Å². The second kappa shape index (κ2) is 12.7. The molecule has 174 valence electrons. The molecule has 0 spiro atoms. The Morgan fingerprint density at radius 2 is 1.69 bits per heavy atom. The van der Waals surface area contributed by atoms with E-state index < -0.39 is 6.04 Å². The van der Waals surface area contributed by atoms with Gasteiger partial charge in [-0.15, -0.1) is 0 Å². The van der Waals surface area contributed by atoms with E-state index in [4.69, 9.17) is 9.47 Å². The lowest BCUT2D eigenvalue weighted by atomic mass is 10.0. The molecular formula is C26H36N2O4. The number of nitrogens with zero attached hydrogens (tertiary/aromatic N) is 1. The van der Waals surface area contributed by atoms with E-state index in [-0.39, 0.29) is 11.8 Å². The van der Waals surface area contributed by atoms with Gasteiger partial charge in [0.2, 0.25) is 11.8 Å². The van der Waals surface area contributed by atoms with E-state index in [1.54, 1.807) is 11.9 Å². The summed E-state index contributed by atoms with van der Waals surface area (Å²) in [5, 5.41) is 2.70. The molecule has 2 aromatic rings. The van der Waals surface area contributed by atoms with E-state index in [0.717, 1.165) is 16.7 Å². The molecule has 6 nitrogen and oxygen atoms in total. The topological polar surface area (TPSA) is 67.9 Å². The summed E-state index contributed by atoms with van der Waals surface area (Å²) >= 11 is 0. The van der Waals surface area contributed by atoms with Gasteiger partial charge in [-0.3, -0.25) is 9.59 Å². The van der Waals surface area contributed by atoms with Crippen LogP contribution in [0.5, 0.6) is 11.5 Å². The maximum Gasteiger partial charge on any atom is 0.242 e. The summed E-state index contributed by atoms with van der Waals surface area (Å²) in [6.45, 7) is 9.32. The van der Waals surface area contributed by atoms with Gasteiger partial charge in [-0.1, -0.05) is 37.3 Å². The van der Waals surface area contributed by atoms with Crippen LogP contribution in [0.15, 0.2) is 42.5 Å². The largest absolute Gasteiger partial charge is 0.490 e. The molecule has 0 radical (unpaired) electrons. The van der Waals surface area contributed by atoms with Gasteiger partial charge in [0.25, 0.3) is 0 Å². The monoisotopic (exact) mass is 440 g/mol. The van der Waals surface area contributed by atoms with Crippen LogP contribution in [0.2, 0.25) is 0 Å². The van der Waals surface area contributed by atoms with E-state index in [0.29, 0.717) is 50.5 Å². The number of likely N-dealkylation sites (N-methyl/N-ethyl adjacent to an activating group) is 1. The highest BCUT2D eigenvalue weighted by atomic mass is 16.5. The van der Waals surface area contributed by atoms with Crippen molar-refractivity contribution in [2.45, 2.75) is 59.5 Å². The molecule has 0 saturated carbocycles. The molecule has 32 heavy (non-hydrogen) atoms. The molecule has 0 aromatic heterocycles. The number of amides is 2. The molecule has 1 N–H and O–H groups in total. The van der Waals surface area contributed by atoms with Crippen LogP contribution in [0.4, 0.5) is 0 Å². The fraction of sp³-hybridized carbons (Fsp3) is 0.462. The van der Waals surface area contributed by atoms with Crippen LogP contribution < -0.4 is 14.8 Å². The second-order valence-electron chi connectivity index (χ2n) is 7.63. The third-order valence-electron chi connectivity index (χ3n) is 5.47. The molecule has 0 heterocycles. The van der Waals surface area contributed by atoms with Crippen LogP contribution >= 0.6 is 0 Å². The first-order valence-electron chi connectivity index (χ1n) is 11.4. The first-order valence-corrected chi connectivity index (χ1v) is 11.4. The average molecular weight is 441 g/mol.